The lowest BCUT2D eigenvalue weighted by atomic mass is 10.0. The molecule has 2 atom stereocenters. The first-order chi connectivity index (χ1) is 13.5. The number of nitrogens with one attached hydrogen (secondary N) is 2. The molecule has 7 heteroatoms. The summed E-state index contributed by atoms with van der Waals surface area (Å²) in [5.41, 5.74) is 6.11. The fourth-order valence-corrected chi connectivity index (χ4v) is 3.34. The first-order valence-corrected chi connectivity index (χ1v) is 9.38. The van der Waals surface area contributed by atoms with E-state index >= 15 is 0 Å². The molecule has 2 aromatic rings. The molecule has 1 aliphatic heterocycles. The van der Waals surface area contributed by atoms with Crippen molar-refractivity contribution >= 4 is 11.9 Å². The number of rotatable bonds is 7. The zero-order valence-electron chi connectivity index (χ0n) is 15.9. The molecule has 4 N–H and O–H groups in total. The number of amides is 3. The highest BCUT2D eigenvalue weighted by Crippen LogP contribution is 2.26. The average Bonchev–Trinajstić information content (AvgIpc) is 3.22. The fraction of sp³-hybridized carbons (Fsp3) is 0.333. The summed E-state index contributed by atoms with van der Waals surface area (Å²) in [4.78, 5) is 26.0. The molecule has 28 heavy (non-hydrogen) atoms. The summed E-state index contributed by atoms with van der Waals surface area (Å²) in [6.07, 6.45) is 1.06. The lowest BCUT2D eigenvalue weighted by Gasteiger charge is -2.26. The van der Waals surface area contributed by atoms with Gasteiger partial charge in [0.05, 0.1) is 12.5 Å². The number of hydrogen-bond donors (Lipinski definition) is 3. The molecule has 3 rings (SSSR count). The molecule has 148 valence electrons. The van der Waals surface area contributed by atoms with Crippen LogP contribution in [0.2, 0.25) is 0 Å². The fourth-order valence-electron chi connectivity index (χ4n) is 3.34. The zero-order chi connectivity index (χ0) is 19.9. The Morgan fingerprint density at radius 1 is 1.21 bits per heavy atom. The molecular weight excluding hydrogens is 356 g/mol. The first kappa shape index (κ1) is 19.7. The molecule has 0 radical (unpaired) electrons. The largest absolute Gasteiger partial charge is 0.457 e. The van der Waals surface area contributed by atoms with Gasteiger partial charge in [-0.3, -0.25) is 4.79 Å². The standard InChI is InChI=1S/C21H26N4O3/c1-25(16-10-11-23-14-16)20(26)13-19(24-21(22)27)15-6-5-9-18(12-15)28-17-7-3-2-4-8-17/h2-9,12,16,19,23H,10-11,13-14H2,1H3,(H3,22,24,27). The van der Waals surface area contributed by atoms with Crippen LogP contribution < -0.4 is 21.1 Å². The number of hydrogen-bond acceptors (Lipinski definition) is 4. The quantitative estimate of drug-likeness (QED) is 0.685. The topological polar surface area (TPSA) is 96.7 Å². The number of nitrogens with two attached hydrogens (primary N) is 1. The minimum Gasteiger partial charge on any atom is -0.457 e. The van der Waals surface area contributed by atoms with E-state index in [1.165, 1.54) is 0 Å². The smallest absolute Gasteiger partial charge is 0.312 e. The minimum atomic E-state index is -0.669. The molecular formula is C21H26N4O3. The second-order valence-electron chi connectivity index (χ2n) is 6.90. The Labute approximate surface area is 164 Å². The number of carbonyl (C=O) groups excluding carboxylic acids is 2. The number of nitrogens with zero attached hydrogens (tertiary/aromatic N) is 1. The molecule has 0 aromatic heterocycles. The molecule has 1 aliphatic rings. The second kappa shape index (κ2) is 9.23. The third-order valence-corrected chi connectivity index (χ3v) is 4.91. The van der Waals surface area contributed by atoms with E-state index in [0.717, 1.165) is 25.1 Å². The van der Waals surface area contributed by atoms with Crippen LogP contribution in [-0.4, -0.2) is 43.0 Å². The number of ether oxygens (including phenoxy) is 1. The molecule has 1 saturated heterocycles. The SMILES string of the molecule is CN(C(=O)CC(NC(N)=O)c1cccc(Oc2ccccc2)c1)C1CCNC1. The van der Waals surface area contributed by atoms with Crippen LogP contribution in [0.4, 0.5) is 4.79 Å². The van der Waals surface area contributed by atoms with Crippen LogP contribution in [0.3, 0.4) is 0 Å². The lowest BCUT2D eigenvalue weighted by Crippen LogP contribution is -2.41. The summed E-state index contributed by atoms with van der Waals surface area (Å²) in [6, 6.07) is 15.7. The van der Waals surface area contributed by atoms with Gasteiger partial charge in [0.2, 0.25) is 5.91 Å². The maximum atomic E-state index is 12.7. The third-order valence-electron chi connectivity index (χ3n) is 4.91. The molecule has 0 saturated carbocycles. The maximum Gasteiger partial charge on any atom is 0.312 e. The Kier molecular flexibility index (Phi) is 6.49. The van der Waals surface area contributed by atoms with E-state index < -0.39 is 12.1 Å². The molecule has 0 bridgehead atoms. The van der Waals surface area contributed by atoms with E-state index in [0.29, 0.717) is 11.5 Å². The van der Waals surface area contributed by atoms with Gasteiger partial charge in [0.1, 0.15) is 11.5 Å². The number of primary amides is 1. The van der Waals surface area contributed by atoms with Gasteiger partial charge in [0.15, 0.2) is 0 Å². The van der Waals surface area contributed by atoms with Gasteiger partial charge in [-0.25, -0.2) is 4.79 Å². The van der Waals surface area contributed by atoms with Gasteiger partial charge in [-0.2, -0.15) is 0 Å². The van der Waals surface area contributed by atoms with Crippen LogP contribution in [0.15, 0.2) is 54.6 Å². The number of benzene rings is 2. The first-order valence-electron chi connectivity index (χ1n) is 9.38. The van der Waals surface area contributed by atoms with E-state index in [4.69, 9.17) is 10.5 Å². The van der Waals surface area contributed by atoms with Gasteiger partial charge in [0, 0.05) is 19.6 Å². The highest BCUT2D eigenvalue weighted by Gasteiger charge is 2.26. The van der Waals surface area contributed by atoms with Crippen LogP contribution in [0.25, 0.3) is 0 Å². The molecule has 1 fully saturated rings. The predicted molar refractivity (Wildman–Crippen MR) is 107 cm³/mol. The minimum absolute atomic E-state index is 0.0400. The molecule has 0 aliphatic carbocycles. The van der Waals surface area contributed by atoms with E-state index in [1.807, 2.05) is 54.6 Å². The van der Waals surface area contributed by atoms with Crippen molar-refractivity contribution in [2.24, 2.45) is 5.73 Å². The molecule has 0 spiro atoms. The summed E-state index contributed by atoms with van der Waals surface area (Å²) in [5, 5.41) is 5.94. The average molecular weight is 382 g/mol. The lowest BCUT2D eigenvalue weighted by molar-refractivity contribution is -0.132. The normalized spacial score (nSPS) is 17.0. The Morgan fingerprint density at radius 2 is 1.96 bits per heavy atom. The zero-order valence-corrected chi connectivity index (χ0v) is 15.9. The van der Waals surface area contributed by atoms with Crippen molar-refractivity contribution in [3.63, 3.8) is 0 Å². The summed E-state index contributed by atoms with van der Waals surface area (Å²) in [7, 11) is 1.80. The van der Waals surface area contributed by atoms with Gasteiger partial charge in [-0.15, -0.1) is 0 Å². The van der Waals surface area contributed by atoms with Crippen molar-refractivity contribution in [1.82, 2.24) is 15.5 Å². The van der Waals surface area contributed by atoms with Gasteiger partial charge in [-0.05, 0) is 42.8 Å². The van der Waals surface area contributed by atoms with Gasteiger partial charge in [-0.1, -0.05) is 30.3 Å². The van der Waals surface area contributed by atoms with Gasteiger partial charge in [0.25, 0.3) is 0 Å². The Balaban J connectivity index is 1.74. The van der Waals surface area contributed by atoms with Crippen molar-refractivity contribution in [1.29, 1.82) is 0 Å². The third kappa shape index (κ3) is 5.23. The molecule has 7 nitrogen and oxygen atoms in total. The molecule has 2 aromatic carbocycles. The second-order valence-corrected chi connectivity index (χ2v) is 6.90. The summed E-state index contributed by atoms with van der Waals surface area (Å²) < 4.78 is 5.86. The maximum absolute atomic E-state index is 12.7. The highest BCUT2D eigenvalue weighted by molar-refractivity contribution is 5.79. The molecule has 1 heterocycles. The Hall–Kier alpha value is -3.06. The van der Waals surface area contributed by atoms with E-state index in [-0.39, 0.29) is 18.4 Å². The van der Waals surface area contributed by atoms with Crippen LogP contribution >= 0.6 is 0 Å². The van der Waals surface area contributed by atoms with Crippen molar-refractivity contribution in [2.75, 3.05) is 20.1 Å². The highest BCUT2D eigenvalue weighted by atomic mass is 16.5. The summed E-state index contributed by atoms with van der Waals surface area (Å²) in [6.45, 7) is 1.70. The van der Waals surface area contributed by atoms with E-state index in [1.54, 1.807) is 11.9 Å². The number of para-hydroxylation sites is 1. The summed E-state index contributed by atoms with van der Waals surface area (Å²) in [5.74, 6) is 1.30. The number of carbonyl (C=O) groups is 2. The Bertz CT molecular complexity index is 806. The van der Waals surface area contributed by atoms with Crippen molar-refractivity contribution in [2.45, 2.75) is 24.9 Å². The van der Waals surface area contributed by atoms with Crippen LogP contribution in [0.5, 0.6) is 11.5 Å². The van der Waals surface area contributed by atoms with Crippen molar-refractivity contribution < 1.29 is 14.3 Å². The van der Waals surface area contributed by atoms with E-state index in [9.17, 15) is 9.59 Å². The predicted octanol–water partition coefficient (Wildman–Crippen LogP) is 2.40. The van der Waals surface area contributed by atoms with Crippen LogP contribution in [0.1, 0.15) is 24.4 Å². The van der Waals surface area contributed by atoms with Gasteiger partial charge >= 0.3 is 6.03 Å². The summed E-state index contributed by atoms with van der Waals surface area (Å²) >= 11 is 0. The van der Waals surface area contributed by atoms with Crippen LogP contribution in [0, 0.1) is 0 Å². The number of likely N-dealkylation sites (N-methyl/N-ethyl adjacent to an activating group) is 1. The molecule has 2 unspecified atom stereocenters. The van der Waals surface area contributed by atoms with Crippen molar-refractivity contribution in [3.8, 4) is 11.5 Å². The molecule has 3 amide bonds. The number of urea groups is 1. The van der Waals surface area contributed by atoms with Crippen LogP contribution in [-0.2, 0) is 4.79 Å². The van der Waals surface area contributed by atoms with E-state index in [2.05, 4.69) is 10.6 Å². The van der Waals surface area contributed by atoms with Gasteiger partial charge < -0.3 is 26.0 Å². The van der Waals surface area contributed by atoms with Crippen molar-refractivity contribution in [3.05, 3.63) is 60.2 Å². The monoisotopic (exact) mass is 382 g/mol. The Morgan fingerprint density at radius 3 is 2.64 bits per heavy atom.